The Morgan fingerprint density at radius 2 is 2.28 bits per heavy atom. The normalized spacial score (nSPS) is 13.9. The highest BCUT2D eigenvalue weighted by molar-refractivity contribution is 7.23. The third kappa shape index (κ3) is 1.43. The summed E-state index contributed by atoms with van der Waals surface area (Å²) in [7, 11) is 0. The van der Waals surface area contributed by atoms with Crippen molar-refractivity contribution in [3.8, 4) is 0 Å². The van der Waals surface area contributed by atoms with Gasteiger partial charge in [0.15, 0.2) is 5.82 Å². The van der Waals surface area contributed by atoms with E-state index in [1.807, 2.05) is 13.8 Å². The summed E-state index contributed by atoms with van der Waals surface area (Å²) in [6.07, 6.45) is 1.51. The van der Waals surface area contributed by atoms with Crippen LogP contribution in [0.3, 0.4) is 0 Å². The number of urea groups is 1. The lowest BCUT2D eigenvalue weighted by atomic mass is 10.2. The molecule has 2 aromatic heterocycles. The van der Waals surface area contributed by atoms with Crippen LogP contribution < -0.4 is 15.5 Å². The molecule has 1 aliphatic heterocycles. The molecule has 3 heterocycles. The van der Waals surface area contributed by atoms with Crippen LogP contribution in [0.4, 0.5) is 21.3 Å². The number of aromatic nitrogens is 2. The van der Waals surface area contributed by atoms with Gasteiger partial charge in [-0.15, -0.1) is 0 Å². The summed E-state index contributed by atoms with van der Waals surface area (Å²) in [6, 6.07) is -0.137. The fourth-order valence-electron chi connectivity index (χ4n) is 2.09. The monoisotopic (exact) mass is 263 g/mol. The topological polar surface area (TPSA) is 70.1 Å². The van der Waals surface area contributed by atoms with Crippen molar-refractivity contribution < 1.29 is 4.79 Å². The Kier molecular flexibility index (Phi) is 2.55. The fourth-order valence-corrected chi connectivity index (χ4v) is 3.15. The van der Waals surface area contributed by atoms with Gasteiger partial charge in [-0.25, -0.2) is 14.8 Å². The third-order valence-electron chi connectivity index (χ3n) is 2.85. The second-order valence-corrected chi connectivity index (χ2v) is 4.89. The van der Waals surface area contributed by atoms with Gasteiger partial charge in [-0.3, -0.25) is 4.90 Å². The van der Waals surface area contributed by atoms with Crippen molar-refractivity contribution >= 4 is 44.1 Å². The molecular weight excluding hydrogens is 250 g/mol. The molecule has 0 saturated heterocycles. The van der Waals surface area contributed by atoms with Gasteiger partial charge in [-0.05, 0) is 13.8 Å². The van der Waals surface area contributed by atoms with Gasteiger partial charge in [-0.1, -0.05) is 11.3 Å². The van der Waals surface area contributed by atoms with Crippen molar-refractivity contribution in [2.24, 2.45) is 0 Å². The molecule has 1 aliphatic rings. The Morgan fingerprint density at radius 1 is 1.44 bits per heavy atom. The zero-order valence-corrected chi connectivity index (χ0v) is 11.0. The van der Waals surface area contributed by atoms with Crippen LogP contribution in [0.5, 0.6) is 0 Å². The Balaban J connectivity index is 2.28. The highest BCUT2D eigenvalue weighted by Gasteiger charge is 2.29. The minimum absolute atomic E-state index is 0.137. The number of thiophene rings is 1. The summed E-state index contributed by atoms with van der Waals surface area (Å²) in [5, 5.41) is 8.04. The molecule has 0 fully saturated rings. The molecule has 0 saturated carbocycles. The van der Waals surface area contributed by atoms with Gasteiger partial charge in [0.2, 0.25) is 0 Å². The van der Waals surface area contributed by atoms with E-state index in [9.17, 15) is 4.79 Å². The number of rotatable bonds is 3. The molecule has 2 amide bonds. The zero-order chi connectivity index (χ0) is 12.7. The predicted molar refractivity (Wildman–Crippen MR) is 73.6 cm³/mol. The Bertz CT molecular complexity index is 623. The quantitative estimate of drug-likeness (QED) is 0.892. The van der Waals surface area contributed by atoms with E-state index in [4.69, 9.17) is 0 Å². The van der Waals surface area contributed by atoms with Crippen LogP contribution in [0.15, 0.2) is 6.33 Å². The average Bonchev–Trinajstić information content (AvgIpc) is 2.70. The maximum atomic E-state index is 12.0. The maximum absolute atomic E-state index is 12.0. The van der Waals surface area contributed by atoms with Crippen LogP contribution >= 0.6 is 11.3 Å². The smallest absolute Gasteiger partial charge is 0.327 e. The van der Waals surface area contributed by atoms with Crippen LogP contribution in [-0.4, -0.2) is 29.1 Å². The van der Waals surface area contributed by atoms with Crippen molar-refractivity contribution in [1.82, 2.24) is 9.97 Å². The first-order valence-corrected chi connectivity index (χ1v) is 6.67. The maximum Gasteiger partial charge on any atom is 0.327 e. The number of anilines is 3. The SMILES string of the molecule is CCNc1sc2ncnc3c2c1NC(=O)N3CC. The van der Waals surface area contributed by atoms with E-state index in [0.717, 1.165) is 27.4 Å². The number of nitrogens with zero attached hydrogens (tertiary/aromatic N) is 3. The van der Waals surface area contributed by atoms with Crippen LogP contribution in [-0.2, 0) is 0 Å². The lowest BCUT2D eigenvalue weighted by molar-refractivity contribution is 0.257. The predicted octanol–water partition coefficient (Wildman–Crippen LogP) is 2.49. The first kappa shape index (κ1) is 11.2. The Morgan fingerprint density at radius 3 is 3.00 bits per heavy atom. The standard InChI is InChI=1S/C11H13N5OS/c1-3-12-10-7-6-8(13-5-14-9(6)18-10)16(4-2)11(17)15-7/h5,12H,3-4H2,1-2H3,(H,15,17). The summed E-state index contributed by atoms with van der Waals surface area (Å²) < 4.78 is 0. The van der Waals surface area contributed by atoms with Crippen LogP contribution in [0.2, 0.25) is 0 Å². The summed E-state index contributed by atoms with van der Waals surface area (Å²) in [5.74, 6) is 0.696. The fraction of sp³-hybridized carbons (Fsp3) is 0.364. The number of hydrogen-bond donors (Lipinski definition) is 2. The second-order valence-electron chi connectivity index (χ2n) is 3.89. The molecule has 6 nitrogen and oxygen atoms in total. The van der Waals surface area contributed by atoms with Gasteiger partial charge in [0.05, 0.1) is 11.1 Å². The first-order chi connectivity index (χ1) is 8.76. The van der Waals surface area contributed by atoms with Crippen molar-refractivity contribution in [3.63, 3.8) is 0 Å². The van der Waals surface area contributed by atoms with E-state index in [1.165, 1.54) is 17.7 Å². The molecule has 7 heteroatoms. The molecule has 2 aromatic rings. The zero-order valence-electron chi connectivity index (χ0n) is 10.1. The first-order valence-electron chi connectivity index (χ1n) is 5.86. The van der Waals surface area contributed by atoms with Crippen LogP contribution in [0.25, 0.3) is 10.2 Å². The van der Waals surface area contributed by atoms with Gasteiger partial charge in [0.25, 0.3) is 0 Å². The van der Waals surface area contributed by atoms with E-state index in [-0.39, 0.29) is 6.03 Å². The van der Waals surface area contributed by atoms with Crippen molar-refractivity contribution in [1.29, 1.82) is 0 Å². The molecule has 18 heavy (non-hydrogen) atoms. The lowest BCUT2D eigenvalue weighted by Gasteiger charge is -2.25. The highest BCUT2D eigenvalue weighted by atomic mass is 32.1. The molecule has 2 N–H and O–H groups in total. The second kappa shape index (κ2) is 4.09. The molecule has 0 atom stereocenters. The van der Waals surface area contributed by atoms with Gasteiger partial charge >= 0.3 is 6.03 Å². The highest BCUT2D eigenvalue weighted by Crippen LogP contribution is 2.45. The van der Waals surface area contributed by atoms with Crippen LogP contribution in [0, 0.1) is 0 Å². The minimum atomic E-state index is -0.137. The molecule has 0 aromatic carbocycles. The third-order valence-corrected chi connectivity index (χ3v) is 3.91. The van der Waals surface area contributed by atoms with Crippen molar-refractivity contribution in [2.45, 2.75) is 13.8 Å². The summed E-state index contributed by atoms with van der Waals surface area (Å²) in [4.78, 5) is 23.0. The molecule has 0 radical (unpaired) electrons. The van der Waals surface area contributed by atoms with E-state index < -0.39 is 0 Å². The number of carbonyl (C=O) groups excluding carboxylic acids is 1. The summed E-state index contributed by atoms with van der Waals surface area (Å²) in [6.45, 7) is 5.34. The molecule has 0 unspecified atom stereocenters. The Hall–Kier alpha value is -1.89. The lowest BCUT2D eigenvalue weighted by Crippen LogP contribution is -2.38. The number of nitrogens with one attached hydrogen (secondary N) is 2. The van der Waals surface area contributed by atoms with E-state index >= 15 is 0 Å². The van der Waals surface area contributed by atoms with E-state index in [2.05, 4.69) is 20.6 Å². The molecule has 3 rings (SSSR count). The van der Waals surface area contributed by atoms with Crippen molar-refractivity contribution in [3.05, 3.63) is 6.33 Å². The van der Waals surface area contributed by atoms with E-state index in [0.29, 0.717) is 12.4 Å². The van der Waals surface area contributed by atoms with E-state index in [1.54, 1.807) is 4.90 Å². The van der Waals surface area contributed by atoms with Gasteiger partial charge in [0, 0.05) is 13.1 Å². The van der Waals surface area contributed by atoms with Gasteiger partial charge in [-0.2, -0.15) is 0 Å². The Labute approximate surface area is 108 Å². The van der Waals surface area contributed by atoms with Gasteiger partial charge < -0.3 is 10.6 Å². The summed E-state index contributed by atoms with van der Waals surface area (Å²) in [5.41, 5.74) is 0.808. The largest absolute Gasteiger partial charge is 0.375 e. The molecule has 0 aliphatic carbocycles. The summed E-state index contributed by atoms with van der Waals surface area (Å²) >= 11 is 1.54. The molecular formula is C11H13N5OS. The van der Waals surface area contributed by atoms with Crippen LogP contribution in [0.1, 0.15) is 13.8 Å². The average molecular weight is 263 g/mol. The van der Waals surface area contributed by atoms with Gasteiger partial charge in [0.1, 0.15) is 16.2 Å². The van der Waals surface area contributed by atoms with Crippen molar-refractivity contribution in [2.75, 3.05) is 28.6 Å². The molecule has 94 valence electrons. The number of amides is 2. The minimum Gasteiger partial charge on any atom is -0.375 e. The number of hydrogen-bond acceptors (Lipinski definition) is 5. The number of carbonyl (C=O) groups is 1. The molecule has 0 bridgehead atoms. The molecule has 0 spiro atoms.